The maximum Gasteiger partial charge on any atom is 0.278 e. The molecule has 8 nitrogen and oxygen atoms in total. The molecule has 0 radical (unpaired) electrons. The largest absolute Gasteiger partial charge is 0.508 e. The predicted molar refractivity (Wildman–Crippen MR) is 161 cm³/mol. The third-order valence-electron chi connectivity index (χ3n) is 8.77. The molecule has 2 aromatic rings. The number of quaternary nitrogens is 1. The van der Waals surface area contributed by atoms with Crippen molar-refractivity contribution in [1.82, 2.24) is 10.6 Å². The molecule has 1 saturated carbocycles. The van der Waals surface area contributed by atoms with Gasteiger partial charge >= 0.3 is 0 Å². The number of rotatable bonds is 11. The Balaban J connectivity index is 1.54. The molecule has 6 N–H and O–H groups in total. The van der Waals surface area contributed by atoms with Crippen LogP contribution in [0.25, 0.3) is 0 Å². The number of amides is 2. The fraction of sp³-hybridized carbons (Fsp3) is 0.562. The molecule has 1 saturated heterocycles. The van der Waals surface area contributed by atoms with Crippen molar-refractivity contribution in [1.29, 1.82) is 0 Å². The van der Waals surface area contributed by atoms with E-state index >= 15 is 0 Å². The number of carbonyl (C=O) groups is 2. The molecular formula is C32H46N3O5S+. The number of benzene rings is 2. The van der Waals surface area contributed by atoms with Gasteiger partial charge < -0.3 is 30.9 Å². The van der Waals surface area contributed by atoms with Gasteiger partial charge in [-0.2, -0.15) is 0 Å². The lowest BCUT2D eigenvalue weighted by Crippen LogP contribution is -3.20. The first-order chi connectivity index (χ1) is 19.6. The first-order valence-electron chi connectivity index (χ1n) is 14.8. The van der Waals surface area contributed by atoms with Crippen LogP contribution in [0.3, 0.4) is 0 Å². The molecule has 1 aliphatic heterocycles. The summed E-state index contributed by atoms with van der Waals surface area (Å²) in [5.41, 5.74) is 0.125. The van der Waals surface area contributed by atoms with Crippen molar-refractivity contribution in [2.75, 3.05) is 25.4 Å². The molecule has 2 amide bonds. The summed E-state index contributed by atoms with van der Waals surface area (Å²) in [6, 6.07) is 13.8. The zero-order valence-corrected chi connectivity index (χ0v) is 25.3. The summed E-state index contributed by atoms with van der Waals surface area (Å²) in [4.78, 5) is 28.9. The summed E-state index contributed by atoms with van der Waals surface area (Å²) < 4.78 is 0. The number of thioether (sulfide) groups is 1. The smallest absolute Gasteiger partial charge is 0.278 e. The second kappa shape index (κ2) is 14.1. The van der Waals surface area contributed by atoms with Crippen molar-refractivity contribution in [3.8, 4) is 5.75 Å². The molecule has 6 unspecified atom stereocenters. The van der Waals surface area contributed by atoms with Gasteiger partial charge in [0, 0.05) is 34.1 Å². The zero-order valence-electron chi connectivity index (χ0n) is 24.4. The van der Waals surface area contributed by atoms with Crippen LogP contribution in [0.1, 0.15) is 61.9 Å². The van der Waals surface area contributed by atoms with E-state index in [0.717, 1.165) is 35.6 Å². The fourth-order valence-corrected chi connectivity index (χ4v) is 7.30. The average molecular weight is 585 g/mol. The first kappa shape index (κ1) is 31.3. The lowest BCUT2D eigenvalue weighted by molar-refractivity contribution is -0.929. The van der Waals surface area contributed by atoms with E-state index in [1.54, 1.807) is 50.7 Å². The van der Waals surface area contributed by atoms with Crippen molar-refractivity contribution >= 4 is 23.6 Å². The quantitative estimate of drug-likeness (QED) is 0.226. The van der Waals surface area contributed by atoms with Crippen LogP contribution in [-0.4, -0.2) is 76.3 Å². The highest BCUT2D eigenvalue weighted by molar-refractivity contribution is 7.99. The molecule has 41 heavy (non-hydrogen) atoms. The van der Waals surface area contributed by atoms with Crippen molar-refractivity contribution in [2.24, 2.45) is 11.8 Å². The predicted octanol–water partition coefficient (Wildman–Crippen LogP) is 2.30. The van der Waals surface area contributed by atoms with Gasteiger partial charge in [-0.25, -0.2) is 0 Å². The Labute approximate surface area is 247 Å². The molecule has 4 rings (SSSR count). The lowest BCUT2D eigenvalue weighted by Gasteiger charge is -2.44. The van der Waals surface area contributed by atoms with E-state index in [0.29, 0.717) is 35.3 Å². The standard InChI is InChI=1S/C32H45N3O5S/c1-21-25(14-9-15-28(21)37)30(39)33-26(19-41-24-12-5-4-6-13-24)29(38)18-35-17-23-11-8-7-10-22(23)16-27(35)31(40)34-32(2,3)20-36/h4-6,9,12-15,22-23,26-27,29,36-38H,7-8,10-11,16-20H2,1-3H3,(H,33,39)(H,34,40)/p+1. The number of phenols is 1. The number of piperidine rings is 1. The summed E-state index contributed by atoms with van der Waals surface area (Å²) in [5.74, 6) is 1.06. The Morgan fingerprint density at radius 3 is 2.49 bits per heavy atom. The summed E-state index contributed by atoms with van der Waals surface area (Å²) in [7, 11) is 0. The topological polar surface area (TPSA) is 123 Å². The van der Waals surface area contributed by atoms with Crippen molar-refractivity contribution in [2.45, 2.75) is 81.5 Å². The van der Waals surface area contributed by atoms with Crippen molar-refractivity contribution < 1.29 is 29.8 Å². The number of fused-ring (bicyclic) bond motifs is 1. The van der Waals surface area contributed by atoms with Gasteiger partial charge in [0.1, 0.15) is 18.4 Å². The number of aromatic hydroxyl groups is 1. The van der Waals surface area contributed by atoms with Crippen LogP contribution >= 0.6 is 11.8 Å². The molecule has 0 spiro atoms. The van der Waals surface area contributed by atoms with Crippen LogP contribution < -0.4 is 15.5 Å². The minimum absolute atomic E-state index is 0.0489. The van der Waals surface area contributed by atoms with E-state index in [1.165, 1.54) is 12.8 Å². The van der Waals surface area contributed by atoms with E-state index in [1.807, 2.05) is 30.3 Å². The number of likely N-dealkylation sites (tertiary alicyclic amines) is 1. The zero-order chi connectivity index (χ0) is 29.6. The summed E-state index contributed by atoms with van der Waals surface area (Å²) >= 11 is 1.56. The van der Waals surface area contributed by atoms with Crippen LogP contribution in [-0.2, 0) is 4.79 Å². The van der Waals surface area contributed by atoms with Gasteiger partial charge in [0.2, 0.25) is 0 Å². The number of carbonyl (C=O) groups excluding carboxylic acids is 2. The normalized spacial score (nSPS) is 24.1. The first-order valence-corrected chi connectivity index (χ1v) is 15.8. The van der Waals surface area contributed by atoms with Crippen LogP contribution in [0, 0.1) is 18.8 Å². The third-order valence-corrected chi connectivity index (χ3v) is 9.90. The average Bonchev–Trinajstić information content (AvgIpc) is 2.96. The number of hydrogen-bond donors (Lipinski definition) is 6. The Kier molecular flexibility index (Phi) is 10.7. The molecule has 0 bridgehead atoms. The van der Waals surface area contributed by atoms with Crippen LogP contribution in [0.2, 0.25) is 0 Å². The third kappa shape index (κ3) is 8.25. The van der Waals surface area contributed by atoms with E-state index in [9.17, 15) is 24.9 Å². The molecule has 1 aliphatic carbocycles. The Morgan fingerprint density at radius 2 is 1.78 bits per heavy atom. The van der Waals surface area contributed by atoms with Gasteiger partial charge in [0.25, 0.3) is 11.8 Å². The van der Waals surface area contributed by atoms with Crippen molar-refractivity contribution in [3.05, 3.63) is 59.7 Å². The van der Waals surface area contributed by atoms with E-state index in [2.05, 4.69) is 10.6 Å². The number of nitrogens with one attached hydrogen (secondary N) is 3. The highest BCUT2D eigenvalue weighted by Crippen LogP contribution is 2.34. The van der Waals surface area contributed by atoms with Gasteiger partial charge in [-0.15, -0.1) is 11.8 Å². The molecule has 2 aliphatic rings. The van der Waals surface area contributed by atoms with Crippen molar-refractivity contribution in [3.63, 3.8) is 0 Å². The van der Waals surface area contributed by atoms with Gasteiger partial charge in [-0.05, 0) is 63.8 Å². The van der Waals surface area contributed by atoms with Crippen LogP contribution in [0.5, 0.6) is 5.75 Å². The maximum absolute atomic E-state index is 13.5. The second-order valence-corrected chi connectivity index (χ2v) is 13.5. The number of aliphatic hydroxyl groups is 2. The van der Waals surface area contributed by atoms with E-state index < -0.39 is 17.7 Å². The summed E-state index contributed by atoms with van der Waals surface area (Å²) in [5, 5.41) is 37.6. The highest BCUT2D eigenvalue weighted by Gasteiger charge is 2.45. The van der Waals surface area contributed by atoms with Gasteiger partial charge in [-0.1, -0.05) is 37.1 Å². The Morgan fingerprint density at radius 1 is 1.07 bits per heavy atom. The second-order valence-electron chi connectivity index (χ2n) is 12.4. The van der Waals surface area contributed by atoms with Gasteiger partial charge in [0.15, 0.2) is 6.04 Å². The van der Waals surface area contributed by atoms with Crippen LogP contribution in [0.15, 0.2) is 53.4 Å². The van der Waals surface area contributed by atoms with E-state index in [4.69, 9.17) is 0 Å². The Hall–Kier alpha value is -2.59. The SMILES string of the molecule is Cc1c(O)cccc1C(=O)NC(CSc1ccccc1)C(O)C[NH+]1CC2CCCCC2CC1C(=O)NC(C)(C)CO. The molecular weight excluding hydrogens is 538 g/mol. The molecule has 2 aromatic carbocycles. The molecule has 6 atom stereocenters. The highest BCUT2D eigenvalue weighted by atomic mass is 32.2. The lowest BCUT2D eigenvalue weighted by atomic mass is 9.72. The minimum Gasteiger partial charge on any atom is -0.508 e. The Bertz CT molecular complexity index is 1180. The van der Waals surface area contributed by atoms with Crippen LogP contribution in [0.4, 0.5) is 0 Å². The molecule has 0 aromatic heterocycles. The monoisotopic (exact) mass is 584 g/mol. The number of hydrogen-bond acceptors (Lipinski definition) is 6. The number of aliphatic hydroxyl groups excluding tert-OH is 2. The summed E-state index contributed by atoms with van der Waals surface area (Å²) in [6.45, 7) is 6.28. The minimum atomic E-state index is -0.899. The van der Waals surface area contributed by atoms with Gasteiger partial charge in [0.05, 0.1) is 24.7 Å². The molecule has 2 fully saturated rings. The molecule has 9 heteroatoms. The fourth-order valence-electron chi connectivity index (χ4n) is 6.27. The van der Waals surface area contributed by atoms with Gasteiger partial charge in [-0.3, -0.25) is 9.59 Å². The number of phenolic OH excluding ortho intramolecular Hbond substituents is 1. The molecule has 224 valence electrons. The maximum atomic E-state index is 13.5. The van der Waals surface area contributed by atoms with E-state index in [-0.39, 0.29) is 30.2 Å². The molecule has 1 heterocycles. The summed E-state index contributed by atoms with van der Waals surface area (Å²) in [6.07, 6.45) is 4.52.